The molecule has 2 rings (SSSR count). The van der Waals surface area contributed by atoms with Crippen molar-refractivity contribution in [3.63, 3.8) is 0 Å². The lowest BCUT2D eigenvalue weighted by Gasteiger charge is -2.12. The number of rotatable bonds is 5. The molecule has 0 aliphatic rings. The largest absolute Gasteiger partial charge is 0.405 e. The molecule has 0 spiro atoms. The number of hydrogen-bond acceptors (Lipinski definition) is 4. The number of aromatic nitrogens is 4. The SMILES string of the molecule is CCC(CC)n1cc(-c2ncnc(C)c2/C=C\N)cn1. The minimum Gasteiger partial charge on any atom is -0.405 e. The normalized spacial score (nSPS) is 11.6. The Labute approximate surface area is 119 Å². The standard InChI is InChI=1S/C15H21N5/c1-4-13(5-2)20-9-12(8-19-20)15-14(6-7-16)11(3)17-10-18-15/h6-10,13H,4-5,16H2,1-3H3/b7-6-. The molecule has 20 heavy (non-hydrogen) atoms. The Bertz CT molecular complexity index is 596. The van der Waals surface area contributed by atoms with Gasteiger partial charge in [-0.1, -0.05) is 13.8 Å². The molecule has 0 saturated heterocycles. The summed E-state index contributed by atoms with van der Waals surface area (Å²) < 4.78 is 2.02. The van der Waals surface area contributed by atoms with Crippen molar-refractivity contribution in [1.82, 2.24) is 19.7 Å². The molecule has 0 bridgehead atoms. The van der Waals surface area contributed by atoms with Crippen LogP contribution in [-0.2, 0) is 0 Å². The molecule has 5 heteroatoms. The van der Waals surface area contributed by atoms with E-state index in [2.05, 4.69) is 28.9 Å². The van der Waals surface area contributed by atoms with Crippen LogP contribution in [0.4, 0.5) is 0 Å². The van der Waals surface area contributed by atoms with Crippen molar-refractivity contribution in [1.29, 1.82) is 0 Å². The fraction of sp³-hybridized carbons (Fsp3) is 0.400. The van der Waals surface area contributed by atoms with Gasteiger partial charge >= 0.3 is 0 Å². The highest BCUT2D eigenvalue weighted by Gasteiger charge is 2.13. The van der Waals surface area contributed by atoms with Crippen molar-refractivity contribution in [2.45, 2.75) is 39.7 Å². The summed E-state index contributed by atoms with van der Waals surface area (Å²) in [6.07, 6.45) is 11.0. The highest BCUT2D eigenvalue weighted by molar-refractivity contribution is 5.71. The van der Waals surface area contributed by atoms with Crippen LogP contribution in [0.1, 0.15) is 44.0 Å². The third-order valence-electron chi connectivity index (χ3n) is 3.54. The van der Waals surface area contributed by atoms with Crippen LogP contribution in [0.15, 0.2) is 24.9 Å². The van der Waals surface area contributed by atoms with E-state index < -0.39 is 0 Å². The highest BCUT2D eigenvalue weighted by Crippen LogP contribution is 2.25. The maximum atomic E-state index is 5.52. The molecular weight excluding hydrogens is 250 g/mol. The molecule has 2 N–H and O–H groups in total. The summed E-state index contributed by atoms with van der Waals surface area (Å²) in [5.41, 5.74) is 9.24. The Morgan fingerprint density at radius 1 is 1.30 bits per heavy atom. The molecule has 106 valence electrons. The van der Waals surface area contributed by atoms with Crippen LogP contribution in [0, 0.1) is 6.92 Å². The second kappa shape index (κ2) is 6.32. The van der Waals surface area contributed by atoms with Gasteiger partial charge in [0.1, 0.15) is 6.33 Å². The molecule has 0 unspecified atom stereocenters. The molecule has 2 heterocycles. The zero-order chi connectivity index (χ0) is 14.5. The average Bonchev–Trinajstić information content (AvgIpc) is 2.92. The molecule has 5 nitrogen and oxygen atoms in total. The maximum Gasteiger partial charge on any atom is 0.116 e. The van der Waals surface area contributed by atoms with E-state index in [4.69, 9.17) is 5.73 Å². The molecule has 0 saturated carbocycles. The highest BCUT2D eigenvalue weighted by atomic mass is 15.3. The monoisotopic (exact) mass is 271 g/mol. The molecule has 0 radical (unpaired) electrons. The van der Waals surface area contributed by atoms with Gasteiger partial charge in [0.2, 0.25) is 0 Å². The van der Waals surface area contributed by atoms with Gasteiger partial charge in [-0.3, -0.25) is 4.68 Å². The van der Waals surface area contributed by atoms with Gasteiger partial charge in [-0.25, -0.2) is 9.97 Å². The Morgan fingerprint density at radius 2 is 2.05 bits per heavy atom. The van der Waals surface area contributed by atoms with Crippen LogP contribution in [0.3, 0.4) is 0 Å². The lowest BCUT2D eigenvalue weighted by molar-refractivity contribution is 0.428. The first-order valence-corrected chi connectivity index (χ1v) is 6.95. The van der Waals surface area contributed by atoms with E-state index in [0.717, 1.165) is 35.4 Å². The van der Waals surface area contributed by atoms with E-state index in [1.54, 1.807) is 6.33 Å². The molecule has 2 aromatic rings. The Balaban J connectivity index is 2.45. The predicted octanol–water partition coefficient (Wildman–Crippen LogP) is 2.94. The fourth-order valence-electron chi connectivity index (χ4n) is 2.33. The lowest BCUT2D eigenvalue weighted by atomic mass is 10.1. The summed E-state index contributed by atoms with van der Waals surface area (Å²) in [7, 11) is 0. The number of nitrogens with two attached hydrogens (primary N) is 1. The van der Waals surface area contributed by atoms with E-state index in [0.29, 0.717) is 6.04 Å². The van der Waals surface area contributed by atoms with Gasteiger partial charge in [0.25, 0.3) is 0 Å². The Morgan fingerprint density at radius 3 is 2.70 bits per heavy atom. The molecular formula is C15H21N5. The van der Waals surface area contributed by atoms with Crippen LogP contribution in [-0.4, -0.2) is 19.7 Å². The van der Waals surface area contributed by atoms with Crippen molar-refractivity contribution in [3.05, 3.63) is 36.2 Å². The first kappa shape index (κ1) is 14.2. The van der Waals surface area contributed by atoms with Crippen LogP contribution < -0.4 is 5.73 Å². The molecule has 0 fully saturated rings. The molecule has 0 aliphatic heterocycles. The molecule has 0 atom stereocenters. The summed E-state index contributed by atoms with van der Waals surface area (Å²) in [5, 5.41) is 4.47. The molecule has 0 aliphatic carbocycles. The van der Waals surface area contributed by atoms with Gasteiger partial charge in [-0.05, 0) is 32.0 Å². The summed E-state index contributed by atoms with van der Waals surface area (Å²) in [6, 6.07) is 0.431. The Kier molecular flexibility index (Phi) is 4.50. The molecule has 0 amide bonds. The maximum absolute atomic E-state index is 5.52. The fourth-order valence-corrected chi connectivity index (χ4v) is 2.33. The summed E-state index contributed by atoms with van der Waals surface area (Å²) in [4.78, 5) is 8.59. The van der Waals surface area contributed by atoms with E-state index in [1.807, 2.05) is 30.1 Å². The topological polar surface area (TPSA) is 69.6 Å². The van der Waals surface area contributed by atoms with Gasteiger partial charge in [-0.15, -0.1) is 0 Å². The van der Waals surface area contributed by atoms with Gasteiger partial charge in [0, 0.05) is 23.0 Å². The molecule has 0 aromatic carbocycles. The van der Waals surface area contributed by atoms with Crippen molar-refractivity contribution in [2.24, 2.45) is 5.73 Å². The van der Waals surface area contributed by atoms with Gasteiger partial charge in [-0.2, -0.15) is 5.10 Å². The quantitative estimate of drug-likeness (QED) is 0.907. The van der Waals surface area contributed by atoms with Crippen LogP contribution in [0.25, 0.3) is 17.3 Å². The minimum absolute atomic E-state index is 0.431. The van der Waals surface area contributed by atoms with Crippen LogP contribution in [0.2, 0.25) is 0 Å². The second-order valence-electron chi connectivity index (χ2n) is 4.76. The van der Waals surface area contributed by atoms with E-state index in [9.17, 15) is 0 Å². The van der Waals surface area contributed by atoms with Crippen molar-refractivity contribution in [2.75, 3.05) is 0 Å². The summed E-state index contributed by atoms with van der Waals surface area (Å²) >= 11 is 0. The van der Waals surface area contributed by atoms with Crippen LogP contribution >= 0.6 is 0 Å². The third kappa shape index (κ3) is 2.71. The number of hydrogen-bond donors (Lipinski definition) is 1. The van der Waals surface area contributed by atoms with Crippen LogP contribution in [0.5, 0.6) is 0 Å². The number of nitrogens with zero attached hydrogens (tertiary/aromatic N) is 4. The van der Waals surface area contributed by atoms with Gasteiger partial charge in [0.15, 0.2) is 0 Å². The van der Waals surface area contributed by atoms with E-state index >= 15 is 0 Å². The molecule has 2 aromatic heterocycles. The first-order valence-electron chi connectivity index (χ1n) is 6.95. The van der Waals surface area contributed by atoms with Gasteiger partial charge < -0.3 is 5.73 Å². The van der Waals surface area contributed by atoms with E-state index in [1.165, 1.54) is 6.20 Å². The minimum atomic E-state index is 0.431. The second-order valence-corrected chi connectivity index (χ2v) is 4.76. The zero-order valence-electron chi connectivity index (χ0n) is 12.2. The Hall–Kier alpha value is -2.17. The average molecular weight is 271 g/mol. The van der Waals surface area contributed by atoms with Gasteiger partial charge in [0.05, 0.1) is 17.9 Å². The smallest absolute Gasteiger partial charge is 0.116 e. The van der Waals surface area contributed by atoms with Crippen molar-refractivity contribution >= 4 is 6.08 Å². The third-order valence-corrected chi connectivity index (χ3v) is 3.54. The summed E-state index contributed by atoms with van der Waals surface area (Å²) in [6.45, 7) is 6.30. The van der Waals surface area contributed by atoms with Crippen molar-refractivity contribution < 1.29 is 0 Å². The zero-order valence-corrected chi connectivity index (χ0v) is 12.2. The lowest BCUT2D eigenvalue weighted by Crippen LogP contribution is -2.06. The van der Waals surface area contributed by atoms with Crippen molar-refractivity contribution in [3.8, 4) is 11.3 Å². The van der Waals surface area contributed by atoms with E-state index in [-0.39, 0.29) is 0 Å². The first-order chi connectivity index (χ1) is 9.71. The number of aryl methyl sites for hydroxylation is 1. The predicted molar refractivity (Wildman–Crippen MR) is 80.8 cm³/mol. The summed E-state index contributed by atoms with van der Waals surface area (Å²) in [5.74, 6) is 0.